The van der Waals surface area contributed by atoms with Gasteiger partial charge in [-0.05, 0) is 43.2 Å². The number of hydrogen-bond acceptors (Lipinski definition) is 2. The lowest BCUT2D eigenvalue weighted by Crippen LogP contribution is -2.23. The molecule has 0 aliphatic heterocycles. The van der Waals surface area contributed by atoms with Gasteiger partial charge in [0.25, 0.3) is 0 Å². The first-order chi connectivity index (χ1) is 7.85. The van der Waals surface area contributed by atoms with Crippen LogP contribution in [0.25, 0.3) is 0 Å². The van der Waals surface area contributed by atoms with Crippen LogP contribution in [-0.2, 0) is 6.42 Å². The van der Waals surface area contributed by atoms with Gasteiger partial charge in [0, 0.05) is 12.2 Å². The Bertz CT molecular complexity index is 331. The van der Waals surface area contributed by atoms with Crippen molar-refractivity contribution in [2.75, 3.05) is 5.32 Å². The summed E-state index contributed by atoms with van der Waals surface area (Å²) in [5, 5.41) is 3.65. The van der Waals surface area contributed by atoms with Crippen LogP contribution in [0.2, 0.25) is 0 Å². The van der Waals surface area contributed by atoms with Gasteiger partial charge in [-0.25, -0.2) is 4.98 Å². The fraction of sp³-hybridized carbons (Fsp3) is 0.643. The van der Waals surface area contributed by atoms with Crippen LogP contribution in [-0.4, -0.2) is 11.0 Å². The molecular formula is C14H22N2. The number of aryl methyl sites for hydroxylation is 1. The molecule has 1 heterocycles. The van der Waals surface area contributed by atoms with Gasteiger partial charge in [-0.2, -0.15) is 0 Å². The molecule has 1 aliphatic carbocycles. The van der Waals surface area contributed by atoms with E-state index in [1.54, 1.807) is 0 Å². The van der Waals surface area contributed by atoms with Crippen LogP contribution in [0, 0.1) is 5.92 Å². The number of rotatable bonds is 6. The summed E-state index contributed by atoms with van der Waals surface area (Å²) in [6.07, 6.45) is 8.25. The van der Waals surface area contributed by atoms with Crippen molar-refractivity contribution in [3.63, 3.8) is 0 Å². The van der Waals surface area contributed by atoms with E-state index >= 15 is 0 Å². The van der Waals surface area contributed by atoms with E-state index in [2.05, 4.69) is 30.2 Å². The molecule has 1 N–H and O–H groups in total. The average molecular weight is 218 g/mol. The van der Waals surface area contributed by atoms with Crippen molar-refractivity contribution >= 4 is 5.82 Å². The Kier molecular flexibility index (Phi) is 3.81. The summed E-state index contributed by atoms with van der Waals surface area (Å²) >= 11 is 0. The Hall–Kier alpha value is -1.05. The largest absolute Gasteiger partial charge is 0.367 e. The molecule has 1 aromatic heterocycles. The van der Waals surface area contributed by atoms with Gasteiger partial charge in [0.15, 0.2) is 0 Å². The van der Waals surface area contributed by atoms with E-state index in [0.29, 0.717) is 6.04 Å². The van der Waals surface area contributed by atoms with Crippen LogP contribution in [0.4, 0.5) is 5.82 Å². The maximum absolute atomic E-state index is 4.47. The first-order valence-corrected chi connectivity index (χ1v) is 6.55. The normalized spacial score (nSPS) is 17.1. The van der Waals surface area contributed by atoms with Crippen LogP contribution in [0.15, 0.2) is 18.3 Å². The molecule has 88 valence electrons. The van der Waals surface area contributed by atoms with Gasteiger partial charge in [0.05, 0.1) is 0 Å². The lowest BCUT2D eigenvalue weighted by atomic mass is 10.1. The first-order valence-electron chi connectivity index (χ1n) is 6.55. The van der Waals surface area contributed by atoms with E-state index in [-0.39, 0.29) is 0 Å². The highest BCUT2D eigenvalue weighted by Gasteiger charge is 2.30. The second kappa shape index (κ2) is 5.33. The maximum atomic E-state index is 4.47. The number of anilines is 1. The van der Waals surface area contributed by atoms with Crippen LogP contribution in [0.1, 0.15) is 45.1 Å². The highest BCUT2D eigenvalue weighted by atomic mass is 15.0. The van der Waals surface area contributed by atoms with E-state index in [4.69, 9.17) is 0 Å². The van der Waals surface area contributed by atoms with Gasteiger partial charge in [-0.15, -0.1) is 0 Å². The minimum Gasteiger partial charge on any atom is -0.367 e. The van der Waals surface area contributed by atoms with Gasteiger partial charge >= 0.3 is 0 Å². The predicted octanol–water partition coefficient (Wildman–Crippen LogP) is 3.63. The first kappa shape index (κ1) is 11.4. The van der Waals surface area contributed by atoms with Gasteiger partial charge < -0.3 is 5.32 Å². The fourth-order valence-electron chi connectivity index (χ4n) is 2.26. The van der Waals surface area contributed by atoms with Crippen molar-refractivity contribution in [2.45, 2.75) is 52.0 Å². The van der Waals surface area contributed by atoms with Crippen molar-refractivity contribution in [2.24, 2.45) is 5.92 Å². The number of nitrogens with one attached hydrogen (secondary N) is 1. The minimum atomic E-state index is 0.644. The molecule has 0 amide bonds. The van der Waals surface area contributed by atoms with Crippen LogP contribution in [0.3, 0.4) is 0 Å². The Morgan fingerprint density at radius 2 is 2.25 bits per heavy atom. The third kappa shape index (κ3) is 2.75. The number of hydrogen-bond donors (Lipinski definition) is 1. The van der Waals surface area contributed by atoms with E-state index in [0.717, 1.165) is 18.2 Å². The van der Waals surface area contributed by atoms with E-state index < -0.39 is 0 Å². The number of aromatic nitrogens is 1. The molecule has 1 atom stereocenters. The molecule has 2 heteroatoms. The Labute approximate surface area is 98.5 Å². The van der Waals surface area contributed by atoms with Crippen LogP contribution < -0.4 is 5.32 Å². The summed E-state index contributed by atoms with van der Waals surface area (Å²) < 4.78 is 0. The van der Waals surface area contributed by atoms with Crippen molar-refractivity contribution in [1.82, 2.24) is 4.98 Å². The SMILES string of the molecule is CCCC(Nc1ncccc1CC)C1CC1. The molecule has 1 aromatic rings. The van der Waals surface area contributed by atoms with Crippen molar-refractivity contribution in [3.05, 3.63) is 23.9 Å². The van der Waals surface area contributed by atoms with E-state index in [9.17, 15) is 0 Å². The maximum Gasteiger partial charge on any atom is 0.129 e. The van der Waals surface area contributed by atoms with Crippen LogP contribution >= 0.6 is 0 Å². The summed E-state index contributed by atoms with van der Waals surface area (Å²) in [5.41, 5.74) is 1.34. The molecule has 1 aliphatic rings. The van der Waals surface area contributed by atoms with Gasteiger partial charge in [-0.3, -0.25) is 0 Å². The number of nitrogens with zero attached hydrogens (tertiary/aromatic N) is 1. The quantitative estimate of drug-likeness (QED) is 0.788. The molecular weight excluding hydrogens is 196 g/mol. The molecule has 1 saturated carbocycles. The summed E-state index contributed by atoms with van der Waals surface area (Å²) in [7, 11) is 0. The second-order valence-electron chi connectivity index (χ2n) is 4.74. The highest BCUT2D eigenvalue weighted by molar-refractivity contribution is 5.44. The molecule has 2 rings (SSSR count). The Balaban J connectivity index is 2.05. The molecule has 0 spiro atoms. The van der Waals surface area contributed by atoms with Crippen molar-refractivity contribution in [3.8, 4) is 0 Å². The molecule has 0 radical (unpaired) electrons. The third-order valence-corrected chi connectivity index (χ3v) is 3.39. The number of pyridine rings is 1. The molecule has 0 aromatic carbocycles. The Morgan fingerprint density at radius 1 is 1.44 bits per heavy atom. The van der Waals surface area contributed by atoms with Gasteiger partial charge in [0.2, 0.25) is 0 Å². The fourth-order valence-corrected chi connectivity index (χ4v) is 2.26. The lowest BCUT2D eigenvalue weighted by molar-refractivity contribution is 0.575. The highest BCUT2D eigenvalue weighted by Crippen LogP contribution is 2.36. The molecule has 0 bridgehead atoms. The van der Waals surface area contributed by atoms with Crippen LogP contribution in [0.5, 0.6) is 0 Å². The standard InChI is InChI=1S/C14H22N2/c1-3-6-13(12-8-9-12)16-14-11(4-2)7-5-10-15-14/h5,7,10,12-13H,3-4,6,8-9H2,1-2H3,(H,15,16). The Morgan fingerprint density at radius 3 is 2.88 bits per heavy atom. The summed E-state index contributed by atoms with van der Waals surface area (Å²) in [5.74, 6) is 2.00. The molecule has 0 saturated heterocycles. The zero-order valence-corrected chi connectivity index (χ0v) is 10.4. The third-order valence-electron chi connectivity index (χ3n) is 3.39. The second-order valence-corrected chi connectivity index (χ2v) is 4.74. The zero-order valence-electron chi connectivity index (χ0n) is 10.4. The zero-order chi connectivity index (χ0) is 11.4. The monoisotopic (exact) mass is 218 g/mol. The summed E-state index contributed by atoms with van der Waals surface area (Å²) in [4.78, 5) is 4.47. The average Bonchev–Trinajstić information content (AvgIpc) is 3.13. The topological polar surface area (TPSA) is 24.9 Å². The molecule has 1 unspecified atom stereocenters. The van der Waals surface area contributed by atoms with Crippen molar-refractivity contribution < 1.29 is 0 Å². The minimum absolute atomic E-state index is 0.644. The molecule has 16 heavy (non-hydrogen) atoms. The van der Waals surface area contributed by atoms with Gasteiger partial charge in [0.1, 0.15) is 5.82 Å². The van der Waals surface area contributed by atoms with Gasteiger partial charge in [-0.1, -0.05) is 26.3 Å². The van der Waals surface area contributed by atoms with E-state index in [1.165, 1.54) is 31.2 Å². The van der Waals surface area contributed by atoms with E-state index in [1.807, 2.05) is 12.3 Å². The summed E-state index contributed by atoms with van der Waals surface area (Å²) in [6.45, 7) is 4.45. The lowest BCUT2D eigenvalue weighted by Gasteiger charge is -2.19. The smallest absolute Gasteiger partial charge is 0.129 e. The van der Waals surface area contributed by atoms with Crippen molar-refractivity contribution in [1.29, 1.82) is 0 Å². The summed E-state index contributed by atoms with van der Waals surface area (Å²) in [6, 6.07) is 4.84. The predicted molar refractivity (Wildman–Crippen MR) is 68.7 cm³/mol. The molecule has 1 fully saturated rings. The molecule has 2 nitrogen and oxygen atoms in total.